The molecule has 2 aliphatic carbocycles. The Morgan fingerprint density at radius 2 is 1.85 bits per heavy atom. The molecule has 0 aromatic carbocycles. The monoisotopic (exact) mass is 476 g/mol. The maximum atomic E-state index is 12.7. The fourth-order valence-electron chi connectivity index (χ4n) is 3.92. The van der Waals surface area contributed by atoms with Crippen LogP contribution < -0.4 is 5.73 Å². The van der Waals surface area contributed by atoms with E-state index in [0.29, 0.717) is 36.9 Å². The zero-order valence-corrected chi connectivity index (χ0v) is 18.8. The highest BCUT2D eigenvalue weighted by Gasteiger charge is 2.36. The van der Waals surface area contributed by atoms with Gasteiger partial charge in [-0.05, 0) is 49.5 Å². The second-order valence-corrected chi connectivity index (χ2v) is 7.85. The van der Waals surface area contributed by atoms with Crippen molar-refractivity contribution in [1.82, 2.24) is 14.9 Å². The molecule has 1 saturated carbocycles. The number of aromatic nitrogens is 2. The number of hydrogen-bond donors (Lipinski definition) is 1. The second kappa shape index (κ2) is 12.3. The molecule has 1 aromatic rings. The van der Waals surface area contributed by atoms with Crippen LogP contribution in [-0.2, 0) is 19.1 Å². The van der Waals surface area contributed by atoms with Gasteiger partial charge in [-0.15, -0.1) is 0 Å². The summed E-state index contributed by atoms with van der Waals surface area (Å²) in [4.78, 5) is 9.41. The lowest BCUT2D eigenvalue weighted by molar-refractivity contribution is -0.145. The van der Waals surface area contributed by atoms with Crippen molar-refractivity contribution in [3.8, 4) is 0 Å². The number of alkyl halides is 4. The molecule has 10 heteroatoms. The van der Waals surface area contributed by atoms with Crippen LogP contribution >= 0.6 is 0 Å². The maximum Gasteiger partial charge on any atom is 0.451 e. The van der Waals surface area contributed by atoms with Crippen molar-refractivity contribution in [3.05, 3.63) is 59.2 Å². The Kier molecular flexibility index (Phi) is 10.1. The lowest BCUT2D eigenvalue weighted by Crippen LogP contribution is -2.45. The van der Waals surface area contributed by atoms with Crippen LogP contribution in [-0.4, -0.2) is 39.7 Å². The minimum absolute atomic E-state index is 0.210. The number of allylic oxidation sites excluding steroid dienone is 6. The molecule has 33 heavy (non-hydrogen) atoms. The maximum absolute atomic E-state index is 12.7. The molecule has 4 rings (SSSR count). The summed E-state index contributed by atoms with van der Waals surface area (Å²) in [6.07, 6.45) is 3.33. The average molecular weight is 477 g/mol. The Morgan fingerprint density at radius 1 is 1.12 bits per heavy atom. The van der Waals surface area contributed by atoms with E-state index in [1.807, 2.05) is 13.8 Å². The van der Waals surface area contributed by atoms with E-state index >= 15 is 0 Å². The van der Waals surface area contributed by atoms with E-state index in [0.717, 1.165) is 49.9 Å². The molecule has 0 amide bonds. The minimum Gasteiger partial charge on any atom is -0.328 e. The lowest BCUT2D eigenvalue weighted by atomic mass is 9.89. The molecule has 0 radical (unpaired) electrons. The smallest absolute Gasteiger partial charge is 0.328 e. The summed E-state index contributed by atoms with van der Waals surface area (Å²) in [5.41, 5.74) is 7.36. The summed E-state index contributed by atoms with van der Waals surface area (Å²) in [5, 5.41) is 0. The predicted molar refractivity (Wildman–Crippen MR) is 115 cm³/mol. The van der Waals surface area contributed by atoms with Crippen molar-refractivity contribution < 1.29 is 26.3 Å². The molecule has 0 spiro atoms. The van der Waals surface area contributed by atoms with Crippen LogP contribution in [0, 0.1) is 0 Å². The first kappa shape index (κ1) is 27.0. The second-order valence-electron chi connectivity index (χ2n) is 7.85. The average Bonchev–Trinajstić information content (AvgIpc) is 2.92. The third-order valence-corrected chi connectivity index (χ3v) is 5.47. The Hall–Kier alpha value is -2.20. The first-order valence-corrected chi connectivity index (χ1v) is 11.1. The van der Waals surface area contributed by atoms with Gasteiger partial charge in [0.05, 0.1) is 5.69 Å². The summed E-state index contributed by atoms with van der Waals surface area (Å²) >= 11 is 0. The molecule has 3 atom stereocenters. The Balaban J connectivity index is 0.000000270. The van der Waals surface area contributed by atoms with Gasteiger partial charge in [-0.2, -0.15) is 13.2 Å². The molecule has 1 aliphatic heterocycles. The third-order valence-electron chi connectivity index (χ3n) is 5.47. The Labute approximate surface area is 190 Å². The number of hydrogen-bond acceptors (Lipinski definition) is 4. The highest BCUT2D eigenvalue weighted by Crippen LogP contribution is 2.30. The van der Waals surface area contributed by atoms with Crippen molar-refractivity contribution >= 4 is 0 Å². The molecule has 0 bridgehead atoms. The van der Waals surface area contributed by atoms with E-state index in [1.165, 1.54) is 6.20 Å². The fraction of sp³-hybridized carbons (Fsp3) is 0.565. The number of nitrogens with zero attached hydrogens (tertiary/aromatic N) is 3. The molecule has 4 nitrogen and oxygen atoms in total. The zero-order chi connectivity index (χ0) is 24.6. The standard InChI is InChI=1S/C14H19F3N4.C7H5F3.C2H6/c15-14(16,17)13-19-7-9-4-5-21(8-12(9)20-13)11-3-1-2-10(18)6-11;8-5-1-2-6(9)4-7(10)3-5;1-2/h7,10-11H,1-6,8,18H2;1-5H;1-2H3/t10-,11+;;/m1../s1. The highest BCUT2D eigenvalue weighted by atomic mass is 19.4. The van der Waals surface area contributed by atoms with Gasteiger partial charge in [0.2, 0.25) is 5.82 Å². The molecule has 1 unspecified atom stereocenters. The number of halogens is 6. The number of rotatable bonds is 1. The molecular formula is C23H30F6N4. The largest absolute Gasteiger partial charge is 0.451 e. The van der Waals surface area contributed by atoms with Crippen LogP contribution in [0.1, 0.15) is 56.6 Å². The number of nitrogens with two attached hydrogens (primary N) is 1. The zero-order valence-electron chi connectivity index (χ0n) is 18.8. The molecule has 2 N–H and O–H groups in total. The topological polar surface area (TPSA) is 55.0 Å². The van der Waals surface area contributed by atoms with E-state index in [1.54, 1.807) is 0 Å². The van der Waals surface area contributed by atoms with E-state index < -0.39 is 29.8 Å². The summed E-state index contributed by atoms with van der Waals surface area (Å²) in [6, 6.07) is 0.576. The van der Waals surface area contributed by atoms with E-state index in [9.17, 15) is 26.3 Å². The van der Waals surface area contributed by atoms with E-state index in [2.05, 4.69) is 14.9 Å². The first-order valence-electron chi connectivity index (χ1n) is 11.1. The molecule has 2 heterocycles. The molecular weight excluding hydrogens is 446 g/mol. The number of fused-ring (bicyclic) bond motifs is 1. The SMILES string of the molecule is CC.FC1=CC(F)=CC(F)C=C1.N[C@@H]1CCC[C@H](N2CCc3cnc(C(F)(F)F)nc3C2)C1. The van der Waals surface area contributed by atoms with Gasteiger partial charge >= 0.3 is 6.18 Å². The quantitative estimate of drug-likeness (QED) is 0.525. The normalized spacial score (nSPS) is 25.3. The van der Waals surface area contributed by atoms with Gasteiger partial charge in [-0.3, -0.25) is 4.90 Å². The van der Waals surface area contributed by atoms with Crippen molar-refractivity contribution in [3.63, 3.8) is 0 Å². The summed E-state index contributed by atoms with van der Waals surface area (Å²) in [7, 11) is 0. The molecule has 1 aromatic heterocycles. The van der Waals surface area contributed by atoms with Crippen LogP contribution in [0.15, 0.2) is 42.2 Å². The molecule has 3 aliphatic rings. The van der Waals surface area contributed by atoms with Gasteiger partial charge in [-0.25, -0.2) is 23.1 Å². The molecule has 1 fully saturated rings. The lowest BCUT2D eigenvalue weighted by Gasteiger charge is -2.38. The molecule has 184 valence electrons. The van der Waals surface area contributed by atoms with Crippen LogP contribution in [0.3, 0.4) is 0 Å². The summed E-state index contributed by atoms with van der Waals surface area (Å²) < 4.78 is 74.8. The van der Waals surface area contributed by atoms with Gasteiger partial charge in [0.1, 0.15) is 17.8 Å². The van der Waals surface area contributed by atoms with E-state index in [4.69, 9.17) is 5.73 Å². The van der Waals surface area contributed by atoms with Crippen molar-refractivity contribution in [1.29, 1.82) is 0 Å². The van der Waals surface area contributed by atoms with Crippen LogP contribution in [0.4, 0.5) is 26.3 Å². The first-order chi connectivity index (χ1) is 15.6. The third kappa shape index (κ3) is 8.26. The Bertz CT molecular complexity index is 865. The summed E-state index contributed by atoms with van der Waals surface area (Å²) in [5.74, 6) is -2.69. The van der Waals surface area contributed by atoms with Crippen LogP contribution in [0.5, 0.6) is 0 Å². The minimum atomic E-state index is -4.48. The van der Waals surface area contributed by atoms with Gasteiger partial charge in [0, 0.05) is 37.4 Å². The van der Waals surface area contributed by atoms with Crippen LogP contribution in [0.2, 0.25) is 0 Å². The van der Waals surface area contributed by atoms with Gasteiger partial charge in [0.15, 0.2) is 0 Å². The summed E-state index contributed by atoms with van der Waals surface area (Å²) in [6.45, 7) is 5.32. The van der Waals surface area contributed by atoms with Gasteiger partial charge in [-0.1, -0.05) is 20.3 Å². The Morgan fingerprint density at radius 3 is 2.52 bits per heavy atom. The highest BCUT2D eigenvalue weighted by molar-refractivity contribution is 5.28. The van der Waals surface area contributed by atoms with Gasteiger partial charge in [0.25, 0.3) is 0 Å². The van der Waals surface area contributed by atoms with Crippen molar-refractivity contribution in [2.75, 3.05) is 6.54 Å². The van der Waals surface area contributed by atoms with Crippen molar-refractivity contribution in [2.24, 2.45) is 5.73 Å². The molecule has 0 saturated heterocycles. The van der Waals surface area contributed by atoms with Crippen molar-refractivity contribution in [2.45, 2.75) is 76.9 Å². The predicted octanol–water partition coefficient (Wildman–Crippen LogP) is 5.75. The van der Waals surface area contributed by atoms with Crippen LogP contribution in [0.25, 0.3) is 0 Å². The van der Waals surface area contributed by atoms with E-state index in [-0.39, 0.29) is 6.04 Å². The fourth-order valence-corrected chi connectivity index (χ4v) is 3.92. The van der Waals surface area contributed by atoms with Gasteiger partial charge < -0.3 is 5.73 Å².